The fraction of sp³-hybridized carbons (Fsp3) is 0.556. The highest BCUT2D eigenvalue weighted by atomic mass is 16.5. The lowest BCUT2D eigenvalue weighted by Gasteiger charge is -2.23. The predicted octanol–water partition coefficient (Wildman–Crippen LogP) is 1.98. The van der Waals surface area contributed by atoms with Crippen LogP contribution in [0.3, 0.4) is 0 Å². The molecule has 1 aromatic rings. The minimum absolute atomic E-state index is 0.119. The van der Waals surface area contributed by atoms with Gasteiger partial charge in [0.2, 0.25) is 0 Å². The molecule has 1 amide bonds. The van der Waals surface area contributed by atoms with Crippen molar-refractivity contribution in [3.8, 4) is 0 Å². The lowest BCUT2D eigenvalue weighted by atomic mass is 10.0. The number of unbranched alkanes of at least 4 members (excludes halogenated alkanes) is 3. The van der Waals surface area contributed by atoms with Gasteiger partial charge in [0.25, 0.3) is 5.91 Å². The van der Waals surface area contributed by atoms with Crippen molar-refractivity contribution in [3.63, 3.8) is 0 Å². The summed E-state index contributed by atoms with van der Waals surface area (Å²) >= 11 is 0. The predicted molar refractivity (Wildman–Crippen MR) is 92.1 cm³/mol. The molecule has 0 saturated carbocycles. The summed E-state index contributed by atoms with van der Waals surface area (Å²) in [6.45, 7) is 0.697. The molecule has 0 aromatic heterocycles. The third-order valence-corrected chi connectivity index (χ3v) is 4.38. The van der Waals surface area contributed by atoms with Crippen molar-refractivity contribution in [3.05, 3.63) is 29.3 Å². The average Bonchev–Trinajstić information content (AvgIpc) is 2.86. The van der Waals surface area contributed by atoms with Crippen molar-refractivity contribution < 1.29 is 19.4 Å². The molecule has 0 bridgehead atoms. The SMILES string of the molecule is COC(=O)C1c2ccc(N(C)C)cc2C(=O)N1CCCCCCO. The number of methoxy groups -OCH3 is 1. The number of nitrogens with zero attached hydrogens (tertiary/aromatic N) is 2. The number of hydrogen-bond acceptors (Lipinski definition) is 5. The Kier molecular flexibility index (Phi) is 6.20. The largest absolute Gasteiger partial charge is 0.467 e. The molecular weight excluding hydrogens is 308 g/mol. The molecule has 0 spiro atoms. The molecule has 0 fully saturated rings. The highest BCUT2D eigenvalue weighted by Gasteiger charge is 2.41. The van der Waals surface area contributed by atoms with Gasteiger partial charge in [0.05, 0.1) is 7.11 Å². The molecule has 2 rings (SSSR count). The van der Waals surface area contributed by atoms with E-state index in [-0.39, 0.29) is 12.5 Å². The van der Waals surface area contributed by atoms with E-state index in [1.807, 2.05) is 37.2 Å². The second-order valence-electron chi connectivity index (χ2n) is 6.23. The Labute approximate surface area is 143 Å². The zero-order valence-corrected chi connectivity index (χ0v) is 14.6. The first kappa shape index (κ1) is 18.3. The van der Waals surface area contributed by atoms with Crippen LogP contribution in [0, 0.1) is 0 Å². The van der Waals surface area contributed by atoms with E-state index in [2.05, 4.69) is 0 Å². The summed E-state index contributed by atoms with van der Waals surface area (Å²) in [5, 5.41) is 8.83. The summed E-state index contributed by atoms with van der Waals surface area (Å²) in [4.78, 5) is 28.5. The maximum atomic E-state index is 12.8. The Balaban J connectivity index is 2.20. The molecule has 1 unspecified atom stereocenters. The number of carbonyl (C=O) groups is 2. The van der Waals surface area contributed by atoms with Gasteiger partial charge in [-0.05, 0) is 30.5 Å². The first-order valence-corrected chi connectivity index (χ1v) is 8.32. The van der Waals surface area contributed by atoms with Gasteiger partial charge in [0.1, 0.15) is 0 Å². The molecule has 1 aliphatic rings. The van der Waals surface area contributed by atoms with Crippen molar-refractivity contribution in [2.75, 3.05) is 39.3 Å². The van der Waals surface area contributed by atoms with Crippen LogP contribution in [0.15, 0.2) is 18.2 Å². The lowest BCUT2D eigenvalue weighted by Crippen LogP contribution is -2.34. The van der Waals surface area contributed by atoms with Gasteiger partial charge in [0.15, 0.2) is 6.04 Å². The van der Waals surface area contributed by atoms with Gasteiger partial charge in [-0.15, -0.1) is 0 Å². The van der Waals surface area contributed by atoms with Gasteiger partial charge in [-0.1, -0.05) is 18.9 Å². The maximum absolute atomic E-state index is 12.8. The standard InChI is InChI=1S/C18H26N2O4/c1-19(2)13-8-9-14-15(12-13)17(22)20(16(14)18(23)24-3)10-6-4-5-7-11-21/h8-9,12,16,21H,4-7,10-11H2,1-3H3. The fourth-order valence-electron chi connectivity index (χ4n) is 3.03. The minimum Gasteiger partial charge on any atom is -0.467 e. The van der Waals surface area contributed by atoms with Crippen LogP contribution in [-0.4, -0.2) is 56.2 Å². The Bertz CT molecular complexity index is 601. The Morgan fingerprint density at radius 2 is 1.96 bits per heavy atom. The number of ether oxygens (including phenoxy) is 1. The van der Waals surface area contributed by atoms with E-state index in [0.717, 1.165) is 31.4 Å². The van der Waals surface area contributed by atoms with E-state index in [0.29, 0.717) is 17.7 Å². The van der Waals surface area contributed by atoms with Crippen LogP contribution in [0.5, 0.6) is 0 Å². The number of fused-ring (bicyclic) bond motifs is 1. The van der Waals surface area contributed by atoms with E-state index in [4.69, 9.17) is 9.84 Å². The van der Waals surface area contributed by atoms with Gasteiger partial charge in [-0.2, -0.15) is 0 Å². The lowest BCUT2D eigenvalue weighted by molar-refractivity contribution is -0.146. The number of benzene rings is 1. The zero-order valence-electron chi connectivity index (χ0n) is 14.6. The summed E-state index contributed by atoms with van der Waals surface area (Å²) in [7, 11) is 5.17. The molecule has 1 aliphatic heterocycles. The molecule has 1 atom stereocenters. The number of aliphatic hydroxyl groups excluding tert-OH is 1. The van der Waals surface area contributed by atoms with E-state index in [9.17, 15) is 9.59 Å². The van der Waals surface area contributed by atoms with Crippen molar-refractivity contribution in [1.29, 1.82) is 0 Å². The van der Waals surface area contributed by atoms with Crippen LogP contribution in [-0.2, 0) is 9.53 Å². The maximum Gasteiger partial charge on any atom is 0.333 e. The number of rotatable bonds is 8. The number of anilines is 1. The second kappa shape index (κ2) is 8.15. The number of hydrogen-bond donors (Lipinski definition) is 1. The van der Waals surface area contributed by atoms with Crippen LogP contribution in [0.4, 0.5) is 5.69 Å². The molecule has 0 aliphatic carbocycles. The molecule has 6 heteroatoms. The van der Waals surface area contributed by atoms with Gasteiger partial charge >= 0.3 is 5.97 Å². The summed E-state index contributed by atoms with van der Waals surface area (Å²) in [5.41, 5.74) is 2.22. The first-order chi connectivity index (χ1) is 11.5. The van der Waals surface area contributed by atoms with Crippen molar-refractivity contribution in [2.24, 2.45) is 0 Å². The summed E-state index contributed by atoms with van der Waals surface area (Å²) in [5.74, 6) is -0.527. The molecule has 0 saturated heterocycles. The molecule has 24 heavy (non-hydrogen) atoms. The van der Waals surface area contributed by atoms with E-state index < -0.39 is 12.0 Å². The van der Waals surface area contributed by atoms with Crippen LogP contribution in [0.25, 0.3) is 0 Å². The number of amides is 1. The van der Waals surface area contributed by atoms with Crippen LogP contribution in [0.2, 0.25) is 0 Å². The zero-order chi connectivity index (χ0) is 17.7. The topological polar surface area (TPSA) is 70.1 Å². The van der Waals surface area contributed by atoms with Crippen molar-refractivity contribution >= 4 is 17.6 Å². The number of esters is 1. The Morgan fingerprint density at radius 1 is 1.25 bits per heavy atom. The fourth-order valence-corrected chi connectivity index (χ4v) is 3.03. The van der Waals surface area contributed by atoms with Crippen LogP contribution >= 0.6 is 0 Å². The molecule has 1 aromatic carbocycles. The van der Waals surface area contributed by atoms with Gasteiger partial charge in [-0.3, -0.25) is 4.79 Å². The second-order valence-corrected chi connectivity index (χ2v) is 6.23. The number of carbonyl (C=O) groups excluding carboxylic acids is 2. The molecule has 6 nitrogen and oxygen atoms in total. The van der Waals surface area contributed by atoms with Gasteiger partial charge < -0.3 is 19.6 Å². The van der Waals surface area contributed by atoms with E-state index in [1.165, 1.54) is 7.11 Å². The molecule has 1 N–H and O–H groups in total. The highest BCUT2D eigenvalue weighted by Crippen LogP contribution is 2.36. The third-order valence-electron chi connectivity index (χ3n) is 4.38. The normalized spacial score (nSPS) is 16.2. The quantitative estimate of drug-likeness (QED) is 0.581. The van der Waals surface area contributed by atoms with Gasteiger partial charge in [-0.25, -0.2) is 4.79 Å². The van der Waals surface area contributed by atoms with E-state index in [1.54, 1.807) is 4.90 Å². The third kappa shape index (κ3) is 3.70. The Hall–Kier alpha value is -2.08. The van der Waals surface area contributed by atoms with Crippen molar-refractivity contribution in [1.82, 2.24) is 4.90 Å². The number of aliphatic hydroxyl groups is 1. The van der Waals surface area contributed by atoms with Crippen LogP contribution in [0.1, 0.15) is 47.6 Å². The highest BCUT2D eigenvalue weighted by molar-refractivity contribution is 6.04. The Morgan fingerprint density at radius 3 is 2.58 bits per heavy atom. The summed E-state index contributed by atoms with van der Waals surface area (Å²) < 4.78 is 4.92. The summed E-state index contributed by atoms with van der Waals surface area (Å²) in [6.07, 6.45) is 3.39. The smallest absolute Gasteiger partial charge is 0.333 e. The van der Waals surface area contributed by atoms with Gasteiger partial charge in [0, 0.05) is 38.5 Å². The molecular formula is C18H26N2O4. The van der Waals surface area contributed by atoms with Crippen LogP contribution < -0.4 is 4.90 Å². The monoisotopic (exact) mass is 334 g/mol. The first-order valence-electron chi connectivity index (χ1n) is 8.32. The minimum atomic E-state index is -0.661. The average molecular weight is 334 g/mol. The molecule has 1 heterocycles. The van der Waals surface area contributed by atoms with E-state index >= 15 is 0 Å². The van der Waals surface area contributed by atoms with Crippen molar-refractivity contribution in [2.45, 2.75) is 31.7 Å². The summed E-state index contributed by atoms with van der Waals surface area (Å²) in [6, 6.07) is 4.92. The molecule has 0 radical (unpaired) electrons. The molecule has 132 valence electrons.